The Morgan fingerprint density at radius 3 is 3.16 bits per heavy atom. The molecule has 0 saturated heterocycles. The topological polar surface area (TPSA) is 98.8 Å². The molecule has 0 unspecified atom stereocenters. The molecular formula is C22H23N7OS2. The molecule has 4 aromatic rings. The van der Waals surface area contributed by atoms with Crippen molar-refractivity contribution in [3.05, 3.63) is 46.4 Å². The fourth-order valence-electron chi connectivity index (χ4n) is 4.46. The summed E-state index contributed by atoms with van der Waals surface area (Å²) >= 11 is 3.35. The standard InChI is InChI=1S/C22H23N7OS2/c30-19(4-8-29-7-3-15-13(12-29)9-25-28-15)27-22-20(14-1-5-24-11-18(14)32-22)21-26-16-10-23-6-2-17(16)31-21/h2,6,9-10,24H,1,3-5,7-8,11-12H2,(H,25,28)(H,27,30). The highest BCUT2D eigenvalue weighted by Crippen LogP contribution is 2.44. The van der Waals surface area contributed by atoms with Crippen LogP contribution in [0.1, 0.15) is 28.1 Å². The van der Waals surface area contributed by atoms with Crippen molar-refractivity contribution in [2.24, 2.45) is 0 Å². The van der Waals surface area contributed by atoms with Gasteiger partial charge in [0, 0.05) is 66.9 Å². The van der Waals surface area contributed by atoms with E-state index in [9.17, 15) is 4.79 Å². The van der Waals surface area contributed by atoms with Crippen LogP contribution in [0.15, 0.2) is 24.7 Å². The molecule has 0 radical (unpaired) electrons. The zero-order valence-electron chi connectivity index (χ0n) is 17.5. The maximum atomic E-state index is 12.9. The van der Waals surface area contributed by atoms with Crippen LogP contribution in [-0.2, 0) is 30.7 Å². The summed E-state index contributed by atoms with van der Waals surface area (Å²) in [5, 5.41) is 15.7. The number of anilines is 1. The number of nitrogens with one attached hydrogen (secondary N) is 3. The van der Waals surface area contributed by atoms with E-state index < -0.39 is 0 Å². The lowest BCUT2D eigenvalue weighted by atomic mass is 10.0. The second-order valence-corrected chi connectivity index (χ2v) is 10.3. The third kappa shape index (κ3) is 3.73. The molecular weight excluding hydrogens is 442 g/mol. The van der Waals surface area contributed by atoms with E-state index in [-0.39, 0.29) is 5.91 Å². The van der Waals surface area contributed by atoms with Crippen molar-refractivity contribution in [1.29, 1.82) is 0 Å². The Balaban J connectivity index is 1.22. The van der Waals surface area contributed by atoms with Gasteiger partial charge in [-0.1, -0.05) is 0 Å². The highest BCUT2D eigenvalue weighted by molar-refractivity contribution is 7.22. The summed E-state index contributed by atoms with van der Waals surface area (Å²) in [7, 11) is 0. The lowest BCUT2D eigenvalue weighted by molar-refractivity contribution is -0.116. The molecule has 164 valence electrons. The minimum atomic E-state index is 0.0542. The number of carbonyl (C=O) groups excluding carboxylic acids is 1. The van der Waals surface area contributed by atoms with E-state index >= 15 is 0 Å². The smallest absolute Gasteiger partial charge is 0.226 e. The van der Waals surface area contributed by atoms with Crippen LogP contribution in [0.2, 0.25) is 0 Å². The number of aromatic nitrogens is 4. The number of rotatable bonds is 5. The largest absolute Gasteiger partial charge is 0.317 e. The number of hydrogen-bond acceptors (Lipinski definition) is 8. The summed E-state index contributed by atoms with van der Waals surface area (Å²) in [6, 6.07) is 2.00. The number of H-pyrrole nitrogens is 1. The minimum absolute atomic E-state index is 0.0542. The summed E-state index contributed by atoms with van der Waals surface area (Å²) in [6.45, 7) is 4.33. The van der Waals surface area contributed by atoms with Gasteiger partial charge in [-0.2, -0.15) is 5.10 Å². The van der Waals surface area contributed by atoms with Crippen LogP contribution in [0, 0.1) is 0 Å². The van der Waals surface area contributed by atoms with E-state index in [1.54, 1.807) is 35.1 Å². The highest BCUT2D eigenvalue weighted by atomic mass is 32.1. The van der Waals surface area contributed by atoms with Crippen LogP contribution in [0.4, 0.5) is 5.00 Å². The van der Waals surface area contributed by atoms with Crippen LogP contribution >= 0.6 is 22.7 Å². The number of aromatic amines is 1. The van der Waals surface area contributed by atoms with Crippen molar-refractivity contribution in [3.63, 3.8) is 0 Å². The Morgan fingerprint density at radius 1 is 1.25 bits per heavy atom. The van der Waals surface area contributed by atoms with E-state index in [0.717, 1.165) is 71.4 Å². The monoisotopic (exact) mass is 465 g/mol. The van der Waals surface area contributed by atoms with Crippen molar-refractivity contribution < 1.29 is 4.79 Å². The molecule has 2 aliphatic heterocycles. The van der Waals surface area contributed by atoms with Crippen LogP contribution in [0.5, 0.6) is 0 Å². The van der Waals surface area contributed by atoms with Crippen molar-refractivity contribution in [2.45, 2.75) is 32.4 Å². The molecule has 1 amide bonds. The van der Waals surface area contributed by atoms with E-state index in [4.69, 9.17) is 4.98 Å². The predicted octanol–water partition coefficient (Wildman–Crippen LogP) is 3.18. The fraction of sp³-hybridized carbons (Fsp3) is 0.364. The average molecular weight is 466 g/mol. The van der Waals surface area contributed by atoms with Gasteiger partial charge >= 0.3 is 0 Å². The first kappa shape index (κ1) is 20.0. The summed E-state index contributed by atoms with van der Waals surface area (Å²) in [6.07, 6.45) is 7.87. The van der Waals surface area contributed by atoms with Crippen molar-refractivity contribution >= 4 is 43.8 Å². The molecule has 6 heterocycles. The number of carbonyl (C=O) groups is 1. The van der Waals surface area contributed by atoms with Crippen LogP contribution < -0.4 is 10.6 Å². The van der Waals surface area contributed by atoms with E-state index in [1.807, 2.05) is 12.3 Å². The number of fused-ring (bicyclic) bond motifs is 3. The van der Waals surface area contributed by atoms with Gasteiger partial charge in [-0.05, 0) is 24.6 Å². The Labute approximate surface area is 193 Å². The molecule has 0 bridgehead atoms. The highest BCUT2D eigenvalue weighted by Gasteiger charge is 2.25. The molecule has 2 aliphatic rings. The quantitative estimate of drug-likeness (QED) is 0.419. The van der Waals surface area contributed by atoms with E-state index in [1.165, 1.54) is 21.7 Å². The third-order valence-electron chi connectivity index (χ3n) is 6.12. The van der Waals surface area contributed by atoms with Crippen molar-refractivity contribution in [1.82, 2.24) is 30.4 Å². The first-order valence-corrected chi connectivity index (χ1v) is 12.5. The molecule has 10 heteroatoms. The lowest BCUT2D eigenvalue weighted by Gasteiger charge is -2.25. The molecule has 6 rings (SSSR count). The second-order valence-electron chi connectivity index (χ2n) is 8.20. The summed E-state index contributed by atoms with van der Waals surface area (Å²) in [5.74, 6) is 0.0542. The molecule has 0 spiro atoms. The van der Waals surface area contributed by atoms with Gasteiger partial charge in [0.25, 0.3) is 0 Å². The number of amides is 1. The van der Waals surface area contributed by atoms with Gasteiger partial charge in [0.2, 0.25) is 5.91 Å². The van der Waals surface area contributed by atoms with Gasteiger partial charge in [0.05, 0.1) is 17.1 Å². The van der Waals surface area contributed by atoms with E-state index in [2.05, 4.69) is 30.7 Å². The molecule has 0 fully saturated rings. The van der Waals surface area contributed by atoms with Crippen molar-refractivity contribution in [2.75, 3.05) is 25.0 Å². The number of nitrogens with zero attached hydrogens (tertiary/aromatic N) is 4. The minimum Gasteiger partial charge on any atom is -0.317 e. The number of hydrogen-bond donors (Lipinski definition) is 3. The molecule has 4 aromatic heterocycles. The Morgan fingerprint density at radius 2 is 2.22 bits per heavy atom. The van der Waals surface area contributed by atoms with Crippen molar-refractivity contribution in [3.8, 4) is 10.6 Å². The molecule has 3 N–H and O–H groups in total. The Kier molecular flexibility index (Phi) is 5.22. The first-order chi connectivity index (χ1) is 15.7. The second kappa shape index (κ2) is 8.36. The number of thiazole rings is 1. The van der Waals surface area contributed by atoms with Crippen LogP contribution in [0.3, 0.4) is 0 Å². The van der Waals surface area contributed by atoms with Gasteiger partial charge < -0.3 is 10.6 Å². The zero-order chi connectivity index (χ0) is 21.5. The molecule has 0 atom stereocenters. The molecule has 0 saturated carbocycles. The number of pyridine rings is 1. The molecule has 0 aromatic carbocycles. The normalized spacial score (nSPS) is 16.1. The van der Waals surface area contributed by atoms with Gasteiger partial charge in [-0.3, -0.25) is 19.8 Å². The van der Waals surface area contributed by atoms with Gasteiger partial charge in [0.15, 0.2) is 0 Å². The van der Waals surface area contributed by atoms with Gasteiger partial charge in [-0.25, -0.2) is 4.98 Å². The van der Waals surface area contributed by atoms with Crippen LogP contribution in [0.25, 0.3) is 20.8 Å². The van der Waals surface area contributed by atoms with Crippen LogP contribution in [-0.4, -0.2) is 50.6 Å². The Bertz CT molecular complexity index is 1260. The zero-order valence-corrected chi connectivity index (χ0v) is 19.1. The summed E-state index contributed by atoms with van der Waals surface area (Å²) in [4.78, 5) is 25.6. The maximum Gasteiger partial charge on any atom is 0.226 e. The predicted molar refractivity (Wildman–Crippen MR) is 127 cm³/mol. The molecule has 32 heavy (non-hydrogen) atoms. The molecule has 8 nitrogen and oxygen atoms in total. The van der Waals surface area contributed by atoms with Gasteiger partial charge in [0.1, 0.15) is 15.5 Å². The third-order valence-corrected chi connectivity index (χ3v) is 8.32. The maximum absolute atomic E-state index is 12.9. The summed E-state index contributed by atoms with van der Waals surface area (Å²) < 4.78 is 1.12. The lowest BCUT2D eigenvalue weighted by Crippen LogP contribution is -2.32. The fourth-order valence-corrected chi connectivity index (χ4v) is 6.77. The molecule has 0 aliphatic carbocycles. The Hall–Kier alpha value is -2.66. The average Bonchev–Trinajstić information content (AvgIpc) is 3.52. The SMILES string of the molecule is O=C(CCN1CCc2[nH]ncc2C1)Nc1sc2c(c1-c1nc3cnccc3s1)CCNC2. The summed E-state index contributed by atoms with van der Waals surface area (Å²) in [5.41, 5.74) is 5.78. The van der Waals surface area contributed by atoms with E-state index in [0.29, 0.717) is 6.42 Å². The van der Waals surface area contributed by atoms with Gasteiger partial charge in [-0.15, -0.1) is 22.7 Å². The first-order valence-electron chi connectivity index (χ1n) is 10.8. The number of thiophene rings is 1.